The Morgan fingerprint density at radius 2 is 2.40 bits per heavy atom. The molecule has 78 valence electrons. The first-order chi connectivity index (χ1) is 7.24. The van der Waals surface area contributed by atoms with E-state index in [1.54, 1.807) is 16.8 Å². The number of nitrogens with two attached hydrogens (primary N) is 1. The number of hydrazine groups is 1. The Balaban J connectivity index is 2.55. The van der Waals surface area contributed by atoms with Crippen LogP contribution < -0.4 is 11.3 Å². The van der Waals surface area contributed by atoms with E-state index < -0.39 is 0 Å². The molecule has 2 aromatic heterocycles. The molecule has 15 heavy (non-hydrogen) atoms. The summed E-state index contributed by atoms with van der Waals surface area (Å²) in [7, 11) is 0. The number of rotatable bonds is 2. The molecule has 5 nitrogen and oxygen atoms in total. The van der Waals surface area contributed by atoms with Crippen molar-refractivity contribution >= 4 is 17.2 Å². The molecule has 0 saturated carbocycles. The van der Waals surface area contributed by atoms with Gasteiger partial charge in [-0.1, -0.05) is 0 Å². The zero-order valence-electron chi connectivity index (χ0n) is 8.10. The molecule has 0 aliphatic carbocycles. The van der Waals surface area contributed by atoms with Crippen LogP contribution in [0.15, 0.2) is 23.7 Å². The molecule has 2 rings (SSSR count). The average Bonchev–Trinajstić information content (AvgIpc) is 2.85. The number of hydrogen-bond donors (Lipinski definition) is 2. The number of amides is 1. The normalized spacial score (nSPS) is 10.3. The number of hydrogen-bond acceptors (Lipinski definition) is 4. The fraction of sp³-hybridized carbons (Fsp3) is 0.111. The number of carbonyl (C=O) groups is 1. The Labute approximate surface area is 90.5 Å². The van der Waals surface area contributed by atoms with Gasteiger partial charge in [0.1, 0.15) is 5.69 Å². The summed E-state index contributed by atoms with van der Waals surface area (Å²) in [6.07, 6.45) is 1.70. The first kappa shape index (κ1) is 9.88. The minimum absolute atomic E-state index is 0.321. The van der Waals surface area contributed by atoms with Gasteiger partial charge in [0.25, 0.3) is 5.91 Å². The molecule has 3 N–H and O–H groups in total. The highest BCUT2D eigenvalue weighted by Crippen LogP contribution is 2.18. The van der Waals surface area contributed by atoms with Crippen LogP contribution in [0.25, 0.3) is 5.13 Å². The molecule has 0 aliphatic heterocycles. The van der Waals surface area contributed by atoms with Gasteiger partial charge in [-0.2, -0.15) is 0 Å². The number of thiazole rings is 1. The molecule has 1 amide bonds. The van der Waals surface area contributed by atoms with Crippen molar-refractivity contribution in [2.75, 3.05) is 0 Å². The van der Waals surface area contributed by atoms with Crippen LogP contribution in [0.1, 0.15) is 16.2 Å². The highest BCUT2D eigenvalue weighted by atomic mass is 32.1. The van der Waals surface area contributed by atoms with Crippen molar-refractivity contribution in [3.8, 4) is 5.13 Å². The summed E-state index contributed by atoms with van der Waals surface area (Å²) in [6.45, 7) is 1.91. The van der Waals surface area contributed by atoms with E-state index in [0.717, 1.165) is 10.8 Å². The SMILES string of the molecule is Cc1ccc(C(=O)NN)n1-c1nccs1. The van der Waals surface area contributed by atoms with E-state index in [-0.39, 0.29) is 5.91 Å². The molecule has 0 aliphatic rings. The Hall–Kier alpha value is -1.66. The monoisotopic (exact) mass is 222 g/mol. The molecule has 0 radical (unpaired) electrons. The Kier molecular flexibility index (Phi) is 2.53. The highest BCUT2D eigenvalue weighted by Gasteiger charge is 2.14. The minimum Gasteiger partial charge on any atom is -0.289 e. The number of nitrogens with zero attached hydrogens (tertiary/aromatic N) is 2. The zero-order chi connectivity index (χ0) is 10.8. The van der Waals surface area contributed by atoms with Gasteiger partial charge >= 0.3 is 0 Å². The number of nitrogen functional groups attached to an aromatic ring is 1. The average molecular weight is 222 g/mol. The van der Waals surface area contributed by atoms with Crippen LogP contribution >= 0.6 is 11.3 Å². The van der Waals surface area contributed by atoms with Crippen LogP contribution in [0, 0.1) is 6.92 Å². The van der Waals surface area contributed by atoms with Crippen LogP contribution in [-0.4, -0.2) is 15.5 Å². The summed E-state index contributed by atoms with van der Waals surface area (Å²) >= 11 is 1.47. The van der Waals surface area contributed by atoms with Crippen LogP contribution in [0.3, 0.4) is 0 Å². The Bertz CT molecular complexity index is 474. The first-order valence-corrected chi connectivity index (χ1v) is 5.21. The molecular weight excluding hydrogens is 212 g/mol. The quantitative estimate of drug-likeness (QED) is 0.449. The number of aromatic nitrogens is 2. The van der Waals surface area contributed by atoms with Crippen molar-refractivity contribution in [3.05, 3.63) is 35.1 Å². The summed E-state index contributed by atoms with van der Waals surface area (Å²) in [4.78, 5) is 15.6. The van der Waals surface area contributed by atoms with E-state index in [1.165, 1.54) is 11.3 Å². The molecule has 0 unspecified atom stereocenters. The van der Waals surface area contributed by atoms with E-state index in [0.29, 0.717) is 5.69 Å². The van der Waals surface area contributed by atoms with E-state index in [4.69, 9.17) is 5.84 Å². The van der Waals surface area contributed by atoms with Gasteiger partial charge in [0.2, 0.25) is 0 Å². The standard InChI is InChI=1S/C9H10N4OS/c1-6-2-3-7(8(14)12-10)13(6)9-11-4-5-15-9/h2-5H,10H2,1H3,(H,12,14). The predicted octanol–water partition coefficient (Wildman–Crippen LogP) is 0.846. The molecule has 0 aromatic carbocycles. The molecule has 2 heterocycles. The van der Waals surface area contributed by atoms with Gasteiger partial charge in [-0.15, -0.1) is 11.3 Å². The van der Waals surface area contributed by atoms with Gasteiger partial charge in [-0.3, -0.25) is 14.8 Å². The van der Waals surface area contributed by atoms with Gasteiger partial charge in [-0.05, 0) is 19.1 Å². The molecule has 0 saturated heterocycles. The first-order valence-electron chi connectivity index (χ1n) is 4.33. The smallest absolute Gasteiger partial charge is 0.282 e. The van der Waals surface area contributed by atoms with Gasteiger partial charge in [-0.25, -0.2) is 10.8 Å². The van der Waals surface area contributed by atoms with Crippen LogP contribution in [0.4, 0.5) is 0 Å². The third kappa shape index (κ3) is 1.64. The van der Waals surface area contributed by atoms with Crippen LogP contribution in [0.2, 0.25) is 0 Å². The predicted molar refractivity (Wildman–Crippen MR) is 57.8 cm³/mol. The number of nitrogens with one attached hydrogen (secondary N) is 1. The summed E-state index contributed by atoms with van der Waals surface area (Å²) in [5, 5.41) is 2.62. The third-order valence-electron chi connectivity index (χ3n) is 2.05. The summed E-state index contributed by atoms with van der Waals surface area (Å²) in [5.41, 5.74) is 3.55. The van der Waals surface area contributed by atoms with E-state index in [9.17, 15) is 4.79 Å². The molecule has 2 aromatic rings. The Morgan fingerprint density at radius 3 is 3.00 bits per heavy atom. The molecule has 0 bridgehead atoms. The summed E-state index contributed by atoms with van der Waals surface area (Å²) < 4.78 is 1.77. The maximum absolute atomic E-state index is 11.5. The second-order valence-electron chi connectivity index (χ2n) is 2.98. The lowest BCUT2D eigenvalue weighted by atomic mass is 10.4. The van der Waals surface area contributed by atoms with Crippen molar-refractivity contribution in [2.24, 2.45) is 5.84 Å². The van der Waals surface area contributed by atoms with Crippen LogP contribution in [-0.2, 0) is 0 Å². The van der Waals surface area contributed by atoms with Gasteiger partial charge < -0.3 is 0 Å². The molecule has 0 atom stereocenters. The maximum Gasteiger partial charge on any atom is 0.282 e. The van der Waals surface area contributed by atoms with Gasteiger partial charge in [0, 0.05) is 17.3 Å². The largest absolute Gasteiger partial charge is 0.289 e. The zero-order valence-corrected chi connectivity index (χ0v) is 8.91. The maximum atomic E-state index is 11.5. The van der Waals surface area contributed by atoms with E-state index >= 15 is 0 Å². The second-order valence-corrected chi connectivity index (χ2v) is 3.86. The number of aryl methyl sites for hydroxylation is 1. The van der Waals surface area contributed by atoms with Crippen molar-refractivity contribution in [1.29, 1.82) is 0 Å². The third-order valence-corrected chi connectivity index (χ3v) is 2.81. The van der Waals surface area contributed by atoms with Crippen molar-refractivity contribution < 1.29 is 4.79 Å². The second kappa shape index (κ2) is 3.84. The fourth-order valence-corrected chi connectivity index (χ4v) is 2.08. The van der Waals surface area contributed by atoms with E-state index in [1.807, 2.05) is 18.4 Å². The molecular formula is C9H10N4OS. The lowest BCUT2D eigenvalue weighted by Crippen LogP contribution is -2.31. The van der Waals surface area contributed by atoms with Crippen LogP contribution in [0.5, 0.6) is 0 Å². The Morgan fingerprint density at radius 1 is 1.60 bits per heavy atom. The highest BCUT2D eigenvalue weighted by molar-refractivity contribution is 7.12. The topological polar surface area (TPSA) is 72.9 Å². The number of carbonyl (C=O) groups excluding carboxylic acids is 1. The van der Waals surface area contributed by atoms with Crippen molar-refractivity contribution in [3.63, 3.8) is 0 Å². The van der Waals surface area contributed by atoms with Crippen molar-refractivity contribution in [1.82, 2.24) is 15.0 Å². The van der Waals surface area contributed by atoms with E-state index in [2.05, 4.69) is 10.4 Å². The summed E-state index contributed by atoms with van der Waals surface area (Å²) in [6, 6.07) is 3.57. The lowest BCUT2D eigenvalue weighted by molar-refractivity contribution is 0.0946. The molecule has 6 heteroatoms. The lowest BCUT2D eigenvalue weighted by Gasteiger charge is -2.06. The molecule has 0 spiro atoms. The van der Waals surface area contributed by atoms with Crippen molar-refractivity contribution in [2.45, 2.75) is 6.92 Å². The van der Waals surface area contributed by atoms with Gasteiger partial charge in [0.15, 0.2) is 5.13 Å². The minimum atomic E-state index is -0.321. The summed E-state index contributed by atoms with van der Waals surface area (Å²) in [5.74, 6) is 4.78. The fourth-order valence-electron chi connectivity index (χ4n) is 1.37. The van der Waals surface area contributed by atoms with Gasteiger partial charge in [0.05, 0.1) is 0 Å². The molecule has 0 fully saturated rings.